The Labute approximate surface area is 171 Å². The Morgan fingerprint density at radius 1 is 1.00 bits per heavy atom. The minimum atomic E-state index is -0.266. The number of aliphatic imine (C=N–C) groups is 1. The number of hydrogen-bond donors (Lipinski definition) is 3. The number of carbonyl (C=O) groups is 1. The van der Waals surface area contributed by atoms with Crippen LogP contribution < -0.4 is 16.0 Å². The number of hydrogen-bond acceptors (Lipinski definition) is 3. The monoisotopic (exact) mass is 390 g/mol. The second-order valence-electron chi connectivity index (χ2n) is 6.75. The third-order valence-electron chi connectivity index (χ3n) is 4.58. The van der Waals surface area contributed by atoms with E-state index in [1.807, 2.05) is 30.3 Å². The topological polar surface area (TPSA) is 78.7 Å². The lowest BCUT2D eigenvalue weighted by atomic mass is 10.0. The molecule has 0 saturated carbocycles. The van der Waals surface area contributed by atoms with Gasteiger partial charge in [0, 0.05) is 25.8 Å². The van der Waals surface area contributed by atoms with Crippen molar-refractivity contribution in [2.24, 2.45) is 4.99 Å². The van der Waals surface area contributed by atoms with Crippen molar-refractivity contribution in [2.45, 2.75) is 19.4 Å². The molecule has 0 saturated heterocycles. The summed E-state index contributed by atoms with van der Waals surface area (Å²) in [6, 6.07) is 21.4. The van der Waals surface area contributed by atoms with E-state index in [0.717, 1.165) is 18.1 Å². The lowest BCUT2D eigenvalue weighted by Gasteiger charge is -2.16. The molecule has 1 aromatic heterocycles. The average Bonchev–Trinajstić information content (AvgIpc) is 3.30. The van der Waals surface area contributed by atoms with Crippen LogP contribution in [0.5, 0.6) is 0 Å². The summed E-state index contributed by atoms with van der Waals surface area (Å²) in [5, 5.41) is 9.48. The molecule has 0 radical (unpaired) electrons. The summed E-state index contributed by atoms with van der Waals surface area (Å²) in [4.78, 5) is 16.3. The Kier molecular flexibility index (Phi) is 7.05. The number of anilines is 1. The maximum Gasteiger partial charge on any atom is 0.291 e. The van der Waals surface area contributed by atoms with E-state index >= 15 is 0 Å². The maximum atomic E-state index is 12.0. The van der Waals surface area contributed by atoms with Crippen molar-refractivity contribution in [2.75, 3.05) is 18.9 Å². The molecule has 0 aliphatic heterocycles. The van der Waals surface area contributed by atoms with Crippen molar-refractivity contribution in [1.82, 2.24) is 10.6 Å². The molecule has 29 heavy (non-hydrogen) atoms. The highest BCUT2D eigenvalue weighted by molar-refractivity contribution is 6.02. The van der Waals surface area contributed by atoms with Gasteiger partial charge in [-0.1, -0.05) is 49.4 Å². The molecule has 3 N–H and O–H groups in total. The van der Waals surface area contributed by atoms with E-state index in [4.69, 9.17) is 4.42 Å². The molecule has 1 unspecified atom stereocenters. The van der Waals surface area contributed by atoms with Crippen LogP contribution in [0, 0.1) is 0 Å². The zero-order valence-corrected chi connectivity index (χ0v) is 16.7. The summed E-state index contributed by atoms with van der Waals surface area (Å²) < 4.78 is 5.09. The van der Waals surface area contributed by atoms with Gasteiger partial charge in [-0.2, -0.15) is 0 Å². The van der Waals surface area contributed by atoms with Crippen LogP contribution in [0.2, 0.25) is 0 Å². The third-order valence-corrected chi connectivity index (χ3v) is 4.58. The first-order chi connectivity index (χ1) is 14.2. The van der Waals surface area contributed by atoms with E-state index < -0.39 is 0 Å². The summed E-state index contributed by atoms with van der Waals surface area (Å²) in [6.45, 7) is 3.61. The van der Waals surface area contributed by atoms with Crippen LogP contribution in [0.1, 0.15) is 34.5 Å². The van der Waals surface area contributed by atoms with Crippen molar-refractivity contribution in [3.05, 3.63) is 89.9 Å². The Balaban J connectivity index is 1.46. The first kappa shape index (κ1) is 20.2. The minimum Gasteiger partial charge on any atom is -0.459 e. The van der Waals surface area contributed by atoms with Gasteiger partial charge in [0.05, 0.1) is 6.26 Å². The van der Waals surface area contributed by atoms with Crippen molar-refractivity contribution in [1.29, 1.82) is 0 Å². The number of amides is 1. The molecule has 0 aliphatic rings. The summed E-state index contributed by atoms with van der Waals surface area (Å²) in [7, 11) is 1.76. The quantitative estimate of drug-likeness (QED) is 0.421. The van der Waals surface area contributed by atoms with Gasteiger partial charge in [0.1, 0.15) is 0 Å². The number of benzene rings is 2. The predicted octanol–water partition coefficient (Wildman–Crippen LogP) is 4.00. The van der Waals surface area contributed by atoms with Crippen LogP contribution in [0.25, 0.3) is 0 Å². The van der Waals surface area contributed by atoms with Crippen molar-refractivity contribution in [3.8, 4) is 0 Å². The van der Waals surface area contributed by atoms with E-state index in [-0.39, 0.29) is 11.7 Å². The van der Waals surface area contributed by atoms with Gasteiger partial charge in [0.15, 0.2) is 11.7 Å². The molecule has 3 rings (SSSR count). The fourth-order valence-electron chi connectivity index (χ4n) is 2.86. The molecule has 0 spiro atoms. The Hall–Kier alpha value is -3.54. The van der Waals surface area contributed by atoms with Crippen LogP contribution in [0.15, 0.2) is 82.4 Å². The average molecular weight is 390 g/mol. The second-order valence-corrected chi connectivity index (χ2v) is 6.75. The molecule has 6 heteroatoms. The predicted molar refractivity (Wildman–Crippen MR) is 116 cm³/mol. The molecule has 1 heterocycles. The number of furan rings is 1. The van der Waals surface area contributed by atoms with Crippen LogP contribution in [-0.4, -0.2) is 25.5 Å². The molecule has 1 atom stereocenters. The molecule has 6 nitrogen and oxygen atoms in total. The van der Waals surface area contributed by atoms with Crippen LogP contribution >= 0.6 is 0 Å². The minimum absolute atomic E-state index is 0.266. The number of nitrogens with one attached hydrogen (secondary N) is 3. The number of guanidine groups is 1. The van der Waals surface area contributed by atoms with Crippen molar-refractivity contribution in [3.63, 3.8) is 0 Å². The number of carbonyl (C=O) groups excluding carboxylic acids is 1. The van der Waals surface area contributed by atoms with Gasteiger partial charge < -0.3 is 20.4 Å². The molecular formula is C23H26N4O2. The molecule has 0 aliphatic carbocycles. The van der Waals surface area contributed by atoms with Gasteiger partial charge in [-0.3, -0.25) is 9.79 Å². The second kappa shape index (κ2) is 10.1. The molecule has 1 amide bonds. The fourth-order valence-corrected chi connectivity index (χ4v) is 2.86. The highest BCUT2D eigenvalue weighted by Gasteiger charge is 2.09. The lowest BCUT2D eigenvalue weighted by molar-refractivity contribution is 0.0996. The zero-order chi connectivity index (χ0) is 20.5. The van der Waals surface area contributed by atoms with Gasteiger partial charge in [-0.25, -0.2) is 0 Å². The van der Waals surface area contributed by atoms with Crippen molar-refractivity contribution < 1.29 is 9.21 Å². The SMILES string of the molecule is CN=C(NCc1ccc(NC(=O)c2ccco2)cc1)NCC(C)c1ccccc1. The van der Waals surface area contributed by atoms with Crippen LogP contribution in [-0.2, 0) is 6.54 Å². The fraction of sp³-hybridized carbons (Fsp3) is 0.217. The molecular weight excluding hydrogens is 364 g/mol. The summed E-state index contributed by atoms with van der Waals surface area (Å²) in [5.74, 6) is 1.16. The highest BCUT2D eigenvalue weighted by atomic mass is 16.3. The normalized spacial score (nSPS) is 12.3. The standard InChI is InChI=1S/C23H26N4O2/c1-17(19-7-4-3-5-8-19)15-25-23(24-2)26-16-18-10-12-20(13-11-18)27-22(28)21-9-6-14-29-21/h3-14,17H,15-16H2,1-2H3,(H,27,28)(H2,24,25,26). The third kappa shape index (κ3) is 5.97. The summed E-state index contributed by atoms with van der Waals surface area (Å²) in [5.41, 5.74) is 3.09. The van der Waals surface area contributed by atoms with Gasteiger partial charge in [-0.15, -0.1) is 0 Å². The van der Waals surface area contributed by atoms with E-state index in [0.29, 0.717) is 18.2 Å². The summed E-state index contributed by atoms with van der Waals surface area (Å²) >= 11 is 0. The largest absolute Gasteiger partial charge is 0.459 e. The zero-order valence-electron chi connectivity index (χ0n) is 16.7. The highest BCUT2D eigenvalue weighted by Crippen LogP contribution is 2.13. The first-order valence-electron chi connectivity index (χ1n) is 9.59. The number of nitrogens with zero attached hydrogens (tertiary/aromatic N) is 1. The maximum absolute atomic E-state index is 12.0. The molecule has 0 bridgehead atoms. The molecule has 0 fully saturated rings. The van der Waals surface area contributed by atoms with E-state index in [1.54, 1.807) is 19.2 Å². The molecule has 3 aromatic rings. The van der Waals surface area contributed by atoms with Gasteiger partial charge in [-0.05, 0) is 41.3 Å². The number of rotatable bonds is 7. The molecule has 150 valence electrons. The summed E-state index contributed by atoms with van der Waals surface area (Å²) in [6.07, 6.45) is 1.48. The van der Waals surface area contributed by atoms with Gasteiger partial charge in [0.25, 0.3) is 5.91 Å². The Morgan fingerprint density at radius 2 is 1.76 bits per heavy atom. The van der Waals surface area contributed by atoms with Crippen LogP contribution in [0.4, 0.5) is 5.69 Å². The molecule has 2 aromatic carbocycles. The van der Waals surface area contributed by atoms with Crippen molar-refractivity contribution >= 4 is 17.6 Å². The van der Waals surface area contributed by atoms with E-state index in [2.05, 4.69) is 52.1 Å². The lowest BCUT2D eigenvalue weighted by Crippen LogP contribution is -2.38. The van der Waals surface area contributed by atoms with Crippen LogP contribution in [0.3, 0.4) is 0 Å². The smallest absolute Gasteiger partial charge is 0.291 e. The van der Waals surface area contributed by atoms with E-state index in [1.165, 1.54) is 11.8 Å². The van der Waals surface area contributed by atoms with E-state index in [9.17, 15) is 4.79 Å². The Morgan fingerprint density at radius 3 is 2.41 bits per heavy atom. The first-order valence-corrected chi connectivity index (χ1v) is 9.59. The Bertz CT molecular complexity index is 919. The van der Waals surface area contributed by atoms with Gasteiger partial charge in [0.2, 0.25) is 0 Å². The van der Waals surface area contributed by atoms with Gasteiger partial charge >= 0.3 is 0 Å².